The summed E-state index contributed by atoms with van der Waals surface area (Å²) in [4.78, 5) is 191. The standard InChI is InChI=1S/C54H93N17O16/c1-26(2)16-34(48(80)68-37(20-40(58)74)50(82)69-38(54(86)87)18-28(5)6)66-46(78)33(13-14-39(57)73)65-53(85)44(29(7)8)70-47(79)32(12-10-11-15-55)63-43(77)24-60-42(76)23-61-52(84)45(30(9)72)71-51(83)35(17-27(3)4)67-49(81)36(64-41(75)21-56)19-31-22-59-25-62-31/h22,25-30,32-38,44-45,72H,10-21,23-24,55-56H2,1-9H3,(H2,57,73)(H2,58,74)(H,59,62)(H,60,76)(H,61,84)(H,63,77)(H,64,75)(H,65,85)(H,66,78)(H,67,81)(H,68,80)(H,69,82)(H,70,79)(H,71,83)(H,86,87)/t30-,32+,33+,34+,35+,36+,37+,38+,44+,45+/m1/s1. The van der Waals surface area contributed by atoms with Crippen LogP contribution < -0.4 is 81.4 Å². The lowest BCUT2D eigenvalue weighted by molar-refractivity contribution is -0.143. The van der Waals surface area contributed by atoms with Crippen LogP contribution in [0.25, 0.3) is 0 Å². The van der Waals surface area contributed by atoms with Gasteiger partial charge < -0.3 is 96.6 Å². The summed E-state index contributed by atoms with van der Waals surface area (Å²) in [6, 6.07) is -12.9. The molecular weight excluding hydrogens is 1140 g/mol. The Morgan fingerprint density at radius 2 is 0.954 bits per heavy atom. The molecule has 490 valence electrons. The van der Waals surface area contributed by atoms with Crippen LogP contribution in [0.15, 0.2) is 12.5 Å². The molecule has 0 spiro atoms. The number of aliphatic hydroxyl groups excluding tert-OH is 1. The number of carbonyl (C=O) groups excluding carboxylic acids is 13. The Hall–Kier alpha value is -8.33. The van der Waals surface area contributed by atoms with Crippen LogP contribution in [0.4, 0.5) is 0 Å². The number of carboxylic acids is 1. The molecule has 33 nitrogen and oxygen atoms in total. The van der Waals surface area contributed by atoms with Gasteiger partial charge in [0.2, 0.25) is 76.8 Å². The van der Waals surface area contributed by atoms with Crippen LogP contribution in [0.2, 0.25) is 0 Å². The van der Waals surface area contributed by atoms with Crippen molar-refractivity contribution in [3.63, 3.8) is 0 Å². The summed E-state index contributed by atoms with van der Waals surface area (Å²) < 4.78 is 0. The van der Waals surface area contributed by atoms with Crippen molar-refractivity contribution in [2.45, 2.75) is 187 Å². The van der Waals surface area contributed by atoms with Crippen LogP contribution in [-0.4, -0.2) is 190 Å². The van der Waals surface area contributed by atoms with Crippen molar-refractivity contribution in [3.05, 3.63) is 18.2 Å². The minimum Gasteiger partial charge on any atom is -0.480 e. The highest BCUT2D eigenvalue weighted by Gasteiger charge is 2.37. The van der Waals surface area contributed by atoms with E-state index in [4.69, 9.17) is 22.9 Å². The van der Waals surface area contributed by atoms with Crippen LogP contribution in [0.1, 0.15) is 126 Å². The second-order valence-electron chi connectivity index (χ2n) is 22.7. The molecule has 0 fully saturated rings. The first-order chi connectivity index (χ1) is 40.7. The molecule has 0 saturated carbocycles. The van der Waals surface area contributed by atoms with Crippen LogP contribution in [0, 0.1) is 23.7 Å². The number of primary amides is 2. The molecule has 1 aromatic rings. The molecule has 1 aromatic heterocycles. The van der Waals surface area contributed by atoms with E-state index in [1.807, 2.05) is 0 Å². The van der Waals surface area contributed by atoms with Crippen LogP contribution in [0.5, 0.6) is 0 Å². The fraction of sp³-hybridized carbons (Fsp3) is 0.685. The van der Waals surface area contributed by atoms with Crippen molar-refractivity contribution in [1.82, 2.24) is 68.5 Å². The average molecular weight is 1240 g/mol. The molecule has 0 unspecified atom stereocenters. The number of carboxylic acid groups (broad SMARTS) is 1. The Bertz CT molecular complexity index is 2490. The van der Waals surface area contributed by atoms with Crippen LogP contribution >= 0.6 is 0 Å². The second-order valence-corrected chi connectivity index (χ2v) is 22.7. The Balaban J connectivity index is 3.21. The number of aromatic nitrogens is 2. The highest BCUT2D eigenvalue weighted by Crippen LogP contribution is 2.13. The number of nitrogens with two attached hydrogens (primary N) is 4. The largest absolute Gasteiger partial charge is 0.480 e. The van der Waals surface area contributed by atoms with Gasteiger partial charge in [-0.25, -0.2) is 9.78 Å². The monoisotopic (exact) mass is 1240 g/mol. The fourth-order valence-electron chi connectivity index (χ4n) is 8.47. The number of aromatic amines is 1. The third kappa shape index (κ3) is 30.5. The Kier molecular flexibility index (Phi) is 34.7. The first-order valence-electron chi connectivity index (χ1n) is 28.8. The van der Waals surface area contributed by atoms with Gasteiger partial charge in [-0.3, -0.25) is 62.3 Å². The Morgan fingerprint density at radius 3 is 1.45 bits per heavy atom. The number of aliphatic carboxylic acids is 1. The molecule has 1 rings (SSSR count). The molecule has 0 aromatic carbocycles. The molecule has 0 aliphatic rings. The zero-order valence-corrected chi connectivity index (χ0v) is 51.0. The van der Waals surface area contributed by atoms with Crippen LogP contribution in [-0.2, 0) is 73.5 Å². The van der Waals surface area contributed by atoms with E-state index in [-0.39, 0.29) is 56.4 Å². The van der Waals surface area contributed by atoms with Crippen LogP contribution in [0.3, 0.4) is 0 Å². The van der Waals surface area contributed by atoms with Gasteiger partial charge in [0, 0.05) is 24.7 Å². The van der Waals surface area contributed by atoms with Crippen molar-refractivity contribution < 1.29 is 77.3 Å². The molecular formula is C54H93N17O16. The third-order valence-corrected chi connectivity index (χ3v) is 12.9. The number of aliphatic hydroxyl groups is 1. The van der Waals surface area contributed by atoms with Crippen molar-refractivity contribution in [2.75, 3.05) is 26.2 Å². The number of imidazole rings is 1. The summed E-state index contributed by atoms with van der Waals surface area (Å²) >= 11 is 0. The molecule has 0 radical (unpaired) electrons. The number of nitrogens with one attached hydrogen (secondary N) is 12. The predicted octanol–water partition coefficient (Wildman–Crippen LogP) is -5.96. The number of hydrogen-bond acceptors (Lipinski definition) is 18. The maximum Gasteiger partial charge on any atom is 0.326 e. The van der Waals surface area contributed by atoms with Gasteiger partial charge in [-0.15, -0.1) is 0 Å². The lowest BCUT2D eigenvalue weighted by Crippen LogP contribution is -2.60. The highest BCUT2D eigenvalue weighted by molar-refractivity contribution is 5.99. The lowest BCUT2D eigenvalue weighted by atomic mass is 9.99. The molecule has 0 aliphatic carbocycles. The van der Waals surface area contributed by atoms with Gasteiger partial charge in [0.15, 0.2) is 0 Å². The minimum absolute atomic E-state index is 0.0108. The van der Waals surface area contributed by atoms with Gasteiger partial charge >= 0.3 is 5.97 Å². The summed E-state index contributed by atoms with van der Waals surface area (Å²) in [5.74, 6) is -14.6. The van der Waals surface area contributed by atoms with E-state index in [0.29, 0.717) is 18.5 Å². The van der Waals surface area contributed by atoms with E-state index in [1.54, 1.807) is 55.4 Å². The first kappa shape index (κ1) is 76.7. The maximum atomic E-state index is 14.1. The number of nitrogens with zero attached hydrogens (tertiary/aromatic N) is 1. The summed E-state index contributed by atoms with van der Waals surface area (Å²) in [5, 5.41) is 47.0. The van der Waals surface area contributed by atoms with Crippen molar-refractivity contribution in [1.29, 1.82) is 0 Å². The first-order valence-corrected chi connectivity index (χ1v) is 28.8. The van der Waals surface area contributed by atoms with Gasteiger partial charge in [0.1, 0.15) is 54.4 Å². The van der Waals surface area contributed by atoms with E-state index in [9.17, 15) is 77.3 Å². The normalized spacial score (nSPS) is 14.7. The number of unbranched alkanes of at least 4 members (excludes halogenated alkanes) is 1. The summed E-state index contributed by atoms with van der Waals surface area (Å²) in [5.41, 5.74) is 22.4. The second kappa shape index (κ2) is 39.4. The zero-order chi connectivity index (χ0) is 66.2. The molecule has 10 atom stereocenters. The fourth-order valence-corrected chi connectivity index (χ4v) is 8.47. The van der Waals surface area contributed by atoms with E-state index in [1.165, 1.54) is 19.4 Å². The number of amides is 13. The van der Waals surface area contributed by atoms with E-state index < -0.39 is 188 Å². The van der Waals surface area contributed by atoms with Gasteiger partial charge in [-0.1, -0.05) is 55.4 Å². The quantitative estimate of drug-likeness (QED) is 0.0271. The average Bonchev–Trinajstić information content (AvgIpc) is 2.99. The zero-order valence-electron chi connectivity index (χ0n) is 51.0. The smallest absolute Gasteiger partial charge is 0.326 e. The number of rotatable bonds is 42. The van der Waals surface area contributed by atoms with E-state index >= 15 is 0 Å². The number of carbonyl (C=O) groups is 14. The summed E-state index contributed by atoms with van der Waals surface area (Å²) in [6.07, 6.45) is 0.325. The van der Waals surface area contributed by atoms with E-state index in [2.05, 4.69) is 68.5 Å². The van der Waals surface area contributed by atoms with Gasteiger partial charge in [0.25, 0.3) is 0 Å². The van der Waals surface area contributed by atoms with Crippen molar-refractivity contribution >= 4 is 82.8 Å². The molecule has 87 heavy (non-hydrogen) atoms. The molecule has 0 aliphatic heterocycles. The lowest BCUT2D eigenvalue weighted by Gasteiger charge is -2.29. The molecule has 0 bridgehead atoms. The predicted molar refractivity (Wildman–Crippen MR) is 312 cm³/mol. The molecule has 0 saturated heterocycles. The molecule has 22 N–H and O–H groups in total. The molecule has 1 heterocycles. The minimum atomic E-state index is -1.67. The Morgan fingerprint density at radius 1 is 0.494 bits per heavy atom. The van der Waals surface area contributed by atoms with Gasteiger partial charge in [0.05, 0.1) is 38.5 Å². The maximum absolute atomic E-state index is 14.1. The number of H-pyrrole nitrogens is 1. The Labute approximate surface area is 505 Å². The SMILES string of the molecule is CC(C)C[C@H](NC(=O)[C@H](CC(N)=O)NC(=O)[C@H](CC(C)C)NC(=O)[C@H](CCC(N)=O)NC(=O)[C@@H](NC(=O)[C@H](CCCCN)NC(=O)CNC(=O)CNC(=O)[C@@H](NC(=O)[C@H](CC(C)C)NC(=O)[C@H](Cc1cnc[nH]1)NC(=O)CN)[C@@H](C)O)C(C)C)C(=O)O. The topological polar surface area (TPSA) is 545 Å². The van der Waals surface area contributed by atoms with Gasteiger partial charge in [-0.2, -0.15) is 0 Å². The number of hydrogen-bond donors (Lipinski definition) is 18. The molecule has 13 amide bonds. The van der Waals surface area contributed by atoms with Gasteiger partial charge in [-0.05, 0) is 82.1 Å². The summed E-state index contributed by atoms with van der Waals surface area (Å²) in [6.45, 7) is 12.9. The molecule has 33 heteroatoms. The van der Waals surface area contributed by atoms with Crippen molar-refractivity contribution in [2.24, 2.45) is 46.6 Å². The van der Waals surface area contributed by atoms with Crippen molar-refractivity contribution in [3.8, 4) is 0 Å². The van der Waals surface area contributed by atoms with E-state index in [0.717, 1.165) is 0 Å². The summed E-state index contributed by atoms with van der Waals surface area (Å²) in [7, 11) is 0. The highest BCUT2D eigenvalue weighted by atomic mass is 16.4. The third-order valence-electron chi connectivity index (χ3n) is 12.9.